The molecule has 106 valence electrons. The van der Waals surface area contributed by atoms with Gasteiger partial charge in [0.25, 0.3) is 0 Å². The van der Waals surface area contributed by atoms with Crippen LogP contribution in [0, 0.1) is 0 Å². The van der Waals surface area contributed by atoms with Crippen LogP contribution in [0.3, 0.4) is 0 Å². The zero-order chi connectivity index (χ0) is 13.9. The average Bonchev–Trinajstić information content (AvgIpc) is 2.89. The highest BCUT2D eigenvalue weighted by Gasteiger charge is 2.20. The van der Waals surface area contributed by atoms with Crippen molar-refractivity contribution in [2.45, 2.75) is 25.3 Å². The number of benzene rings is 1. The van der Waals surface area contributed by atoms with Gasteiger partial charge in [-0.05, 0) is 37.6 Å². The van der Waals surface area contributed by atoms with Crippen LogP contribution in [0.15, 0.2) is 18.2 Å². The molecule has 0 spiro atoms. The third-order valence-electron chi connectivity index (χ3n) is 3.97. The Kier molecular flexibility index (Phi) is 3.69. The number of piperidine rings is 1. The molecule has 5 nitrogen and oxygen atoms in total. The summed E-state index contributed by atoms with van der Waals surface area (Å²) in [6, 6.07) is 6.39. The van der Waals surface area contributed by atoms with Gasteiger partial charge in [0, 0.05) is 19.0 Å². The third kappa shape index (κ3) is 2.54. The fourth-order valence-corrected chi connectivity index (χ4v) is 2.96. The van der Waals surface area contributed by atoms with Crippen LogP contribution in [0.1, 0.15) is 30.1 Å². The van der Waals surface area contributed by atoms with Crippen molar-refractivity contribution in [3.63, 3.8) is 0 Å². The Morgan fingerprint density at radius 3 is 3.25 bits per heavy atom. The number of nitrogens with one attached hydrogen (secondary N) is 2. The molecular formula is C15H20N4O. The second-order valence-electron chi connectivity index (χ2n) is 5.43. The number of hydrogen-bond acceptors (Lipinski definition) is 3. The van der Waals surface area contributed by atoms with Gasteiger partial charge in [-0.3, -0.25) is 4.79 Å². The smallest absolute Gasteiger partial charge is 0.209 e. The largest absolute Gasteiger partial charge is 0.345 e. The Balaban J connectivity index is 1.86. The van der Waals surface area contributed by atoms with Crippen molar-refractivity contribution in [2.75, 3.05) is 20.1 Å². The van der Waals surface area contributed by atoms with Crippen molar-refractivity contribution in [3.8, 4) is 0 Å². The van der Waals surface area contributed by atoms with Crippen LogP contribution in [0.2, 0.25) is 0 Å². The maximum atomic E-state index is 10.9. The lowest BCUT2D eigenvalue weighted by Gasteiger charge is -2.30. The van der Waals surface area contributed by atoms with Crippen molar-refractivity contribution in [1.82, 2.24) is 20.2 Å². The van der Waals surface area contributed by atoms with E-state index < -0.39 is 0 Å². The number of nitrogens with zero attached hydrogens (tertiary/aromatic N) is 2. The van der Waals surface area contributed by atoms with Crippen LogP contribution in [0.5, 0.6) is 0 Å². The number of likely N-dealkylation sites (tertiary alicyclic amines) is 1. The second-order valence-corrected chi connectivity index (χ2v) is 5.43. The SMILES string of the molecule is CNCc1nc2ccc(C3CCCN(C=O)C3)cc2[nH]1. The first-order valence-corrected chi connectivity index (χ1v) is 7.12. The van der Waals surface area contributed by atoms with Crippen molar-refractivity contribution < 1.29 is 4.79 Å². The monoisotopic (exact) mass is 272 g/mol. The third-order valence-corrected chi connectivity index (χ3v) is 3.97. The summed E-state index contributed by atoms with van der Waals surface area (Å²) in [5, 5.41) is 3.10. The first kappa shape index (κ1) is 13.1. The van der Waals surface area contributed by atoms with Crippen LogP contribution < -0.4 is 5.32 Å². The van der Waals surface area contributed by atoms with E-state index in [2.05, 4.69) is 33.5 Å². The van der Waals surface area contributed by atoms with Crippen molar-refractivity contribution in [3.05, 3.63) is 29.6 Å². The fourth-order valence-electron chi connectivity index (χ4n) is 2.96. The molecule has 3 rings (SSSR count). The number of hydrogen-bond donors (Lipinski definition) is 2. The second kappa shape index (κ2) is 5.63. The normalized spacial score (nSPS) is 19.4. The van der Waals surface area contributed by atoms with E-state index in [4.69, 9.17) is 0 Å². The lowest BCUT2D eigenvalue weighted by molar-refractivity contribution is -0.119. The molecular weight excluding hydrogens is 252 g/mol. The lowest BCUT2D eigenvalue weighted by Crippen LogP contribution is -2.33. The van der Waals surface area contributed by atoms with E-state index in [9.17, 15) is 4.79 Å². The van der Waals surface area contributed by atoms with Gasteiger partial charge in [0.2, 0.25) is 6.41 Å². The molecule has 0 aliphatic carbocycles. The molecule has 1 amide bonds. The first-order chi connectivity index (χ1) is 9.80. The molecule has 1 aromatic heterocycles. The number of carbonyl (C=O) groups is 1. The molecule has 1 aliphatic heterocycles. The number of imidazole rings is 1. The van der Waals surface area contributed by atoms with Gasteiger partial charge in [-0.2, -0.15) is 0 Å². The highest BCUT2D eigenvalue weighted by Crippen LogP contribution is 2.28. The Hall–Kier alpha value is -1.88. The number of carbonyl (C=O) groups excluding carboxylic acids is 1. The maximum absolute atomic E-state index is 10.9. The summed E-state index contributed by atoms with van der Waals surface area (Å²) in [6.45, 7) is 2.46. The minimum absolute atomic E-state index is 0.439. The summed E-state index contributed by atoms with van der Waals surface area (Å²) in [4.78, 5) is 20.7. The number of rotatable bonds is 4. The van der Waals surface area contributed by atoms with E-state index in [0.29, 0.717) is 5.92 Å². The number of fused-ring (bicyclic) bond motifs is 1. The molecule has 20 heavy (non-hydrogen) atoms. The van der Waals surface area contributed by atoms with Crippen LogP contribution in [-0.4, -0.2) is 41.4 Å². The van der Waals surface area contributed by atoms with Crippen LogP contribution in [0.4, 0.5) is 0 Å². The first-order valence-electron chi connectivity index (χ1n) is 7.12. The Morgan fingerprint density at radius 2 is 2.45 bits per heavy atom. The van der Waals surface area contributed by atoms with Crippen LogP contribution >= 0.6 is 0 Å². The maximum Gasteiger partial charge on any atom is 0.209 e. The van der Waals surface area contributed by atoms with E-state index in [1.54, 1.807) is 0 Å². The number of amides is 1. The summed E-state index contributed by atoms with van der Waals surface area (Å²) in [5.74, 6) is 1.40. The highest BCUT2D eigenvalue weighted by molar-refractivity contribution is 5.76. The summed E-state index contributed by atoms with van der Waals surface area (Å²) in [7, 11) is 1.91. The highest BCUT2D eigenvalue weighted by atomic mass is 16.1. The standard InChI is InChI=1S/C15H20N4O/c1-16-8-15-17-13-5-4-11(7-14(13)18-15)12-3-2-6-19(9-12)10-20/h4-5,7,10,12,16H,2-3,6,8-9H2,1H3,(H,17,18). The number of aromatic amines is 1. The van der Waals surface area contributed by atoms with Crippen molar-refractivity contribution in [2.24, 2.45) is 0 Å². The molecule has 0 saturated carbocycles. The van der Waals surface area contributed by atoms with Crippen LogP contribution in [-0.2, 0) is 11.3 Å². The molecule has 1 saturated heterocycles. The van der Waals surface area contributed by atoms with E-state index in [-0.39, 0.29) is 0 Å². The zero-order valence-electron chi connectivity index (χ0n) is 11.7. The fraction of sp³-hybridized carbons (Fsp3) is 0.467. The molecule has 1 aliphatic rings. The summed E-state index contributed by atoms with van der Waals surface area (Å²) < 4.78 is 0. The number of H-pyrrole nitrogens is 1. The average molecular weight is 272 g/mol. The minimum Gasteiger partial charge on any atom is -0.345 e. The zero-order valence-corrected chi connectivity index (χ0v) is 11.7. The molecule has 5 heteroatoms. The Labute approximate surface area is 118 Å². The molecule has 2 heterocycles. The van der Waals surface area contributed by atoms with Gasteiger partial charge in [-0.25, -0.2) is 4.98 Å². The lowest BCUT2D eigenvalue weighted by atomic mass is 9.90. The predicted octanol–water partition coefficient (Wildman–Crippen LogP) is 1.62. The van der Waals surface area contributed by atoms with Crippen molar-refractivity contribution >= 4 is 17.4 Å². The Morgan fingerprint density at radius 1 is 1.55 bits per heavy atom. The predicted molar refractivity (Wildman–Crippen MR) is 78.5 cm³/mol. The molecule has 1 aromatic carbocycles. The topological polar surface area (TPSA) is 61.0 Å². The van der Waals surface area contributed by atoms with Crippen LogP contribution in [0.25, 0.3) is 11.0 Å². The summed E-state index contributed by atoms with van der Waals surface area (Å²) in [6.07, 6.45) is 3.19. The molecule has 0 radical (unpaired) electrons. The molecule has 1 fully saturated rings. The van der Waals surface area contributed by atoms with Gasteiger partial charge in [-0.1, -0.05) is 6.07 Å². The van der Waals surface area contributed by atoms with E-state index in [1.807, 2.05) is 11.9 Å². The van der Waals surface area contributed by atoms with E-state index in [0.717, 1.165) is 55.7 Å². The molecule has 2 N–H and O–H groups in total. The van der Waals surface area contributed by atoms with Gasteiger partial charge in [0.05, 0.1) is 17.6 Å². The molecule has 0 bridgehead atoms. The van der Waals surface area contributed by atoms with Gasteiger partial charge in [-0.15, -0.1) is 0 Å². The quantitative estimate of drug-likeness (QED) is 0.831. The van der Waals surface area contributed by atoms with Gasteiger partial charge in [0.1, 0.15) is 5.82 Å². The van der Waals surface area contributed by atoms with E-state index in [1.165, 1.54) is 5.56 Å². The van der Waals surface area contributed by atoms with E-state index >= 15 is 0 Å². The summed E-state index contributed by atoms with van der Waals surface area (Å²) >= 11 is 0. The Bertz CT molecular complexity index is 607. The minimum atomic E-state index is 0.439. The molecule has 2 aromatic rings. The summed E-state index contributed by atoms with van der Waals surface area (Å²) in [5.41, 5.74) is 3.38. The number of aromatic nitrogens is 2. The van der Waals surface area contributed by atoms with Crippen molar-refractivity contribution in [1.29, 1.82) is 0 Å². The van der Waals surface area contributed by atoms with Gasteiger partial charge < -0.3 is 15.2 Å². The van der Waals surface area contributed by atoms with Gasteiger partial charge in [0.15, 0.2) is 0 Å². The van der Waals surface area contributed by atoms with Gasteiger partial charge >= 0.3 is 0 Å². The molecule has 1 unspecified atom stereocenters. The molecule has 1 atom stereocenters.